The molecule has 0 N–H and O–H groups in total. The summed E-state index contributed by atoms with van der Waals surface area (Å²) in [5.41, 5.74) is 10.2. The van der Waals surface area contributed by atoms with Crippen molar-refractivity contribution in [3.8, 4) is 27.9 Å². The predicted octanol–water partition coefficient (Wildman–Crippen LogP) is 10.0. The summed E-state index contributed by atoms with van der Waals surface area (Å²) in [6, 6.07) is 49.6. The second-order valence-electron chi connectivity index (χ2n) is 9.81. The highest BCUT2D eigenvalue weighted by molar-refractivity contribution is 6.11. The fraction of sp³-hybridized carbons (Fsp3) is 0. The van der Waals surface area contributed by atoms with E-state index in [0.717, 1.165) is 27.6 Å². The van der Waals surface area contributed by atoms with Crippen LogP contribution in [0.1, 0.15) is 0 Å². The highest BCUT2D eigenvalue weighted by atomic mass is 16.3. The maximum Gasteiger partial charge on any atom is 0.137 e. The van der Waals surface area contributed by atoms with Crippen LogP contribution in [0.4, 0.5) is 0 Å². The zero-order valence-corrected chi connectivity index (χ0v) is 20.6. The van der Waals surface area contributed by atoms with E-state index < -0.39 is 0 Å². The second kappa shape index (κ2) is 8.22. The summed E-state index contributed by atoms with van der Waals surface area (Å²) in [5, 5.41) is 4.78. The largest absolute Gasteiger partial charge is 0.456 e. The van der Waals surface area contributed by atoms with Crippen molar-refractivity contribution < 1.29 is 4.42 Å². The summed E-state index contributed by atoms with van der Waals surface area (Å²) in [7, 11) is 0. The first-order valence-corrected chi connectivity index (χ1v) is 12.9. The fourth-order valence-electron chi connectivity index (χ4n) is 5.79. The fourth-order valence-corrected chi connectivity index (χ4v) is 5.79. The second-order valence-corrected chi connectivity index (χ2v) is 9.81. The summed E-state index contributed by atoms with van der Waals surface area (Å²) in [5.74, 6) is 0. The molecule has 2 aromatic heterocycles. The lowest BCUT2D eigenvalue weighted by Crippen LogP contribution is -1.93. The zero-order valence-electron chi connectivity index (χ0n) is 20.6. The third-order valence-electron chi connectivity index (χ3n) is 7.60. The molecule has 0 saturated heterocycles. The van der Waals surface area contributed by atoms with Crippen molar-refractivity contribution in [3.63, 3.8) is 0 Å². The number of para-hydroxylation sites is 2. The first-order chi connectivity index (χ1) is 18.8. The molecule has 8 aromatic rings. The minimum atomic E-state index is 0.906. The van der Waals surface area contributed by atoms with Crippen molar-refractivity contribution in [3.05, 3.63) is 140 Å². The van der Waals surface area contributed by atoms with Crippen LogP contribution in [-0.4, -0.2) is 4.57 Å². The Morgan fingerprint density at radius 3 is 1.92 bits per heavy atom. The third kappa shape index (κ3) is 3.21. The predicted molar refractivity (Wildman–Crippen MR) is 159 cm³/mol. The van der Waals surface area contributed by atoms with Crippen molar-refractivity contribution in [2.75, 3.05) is 0 Å². The van der Waals surface area contributed by atoms with Crippen LogP contribution in [0.2, 0.25) is 0 Å². The first-order valence-electron chi connectivity index (χ1n) is 12.9. The SMILES string of the molecule is c1ccc(-c2cccc(-c3ccc4c(c3)c3ccccc3n4-c3ccc4c(c3)oc3ccccc34)c2)cc1. The maximum absolute atomic E-state index is 6.23. The molecule has 2 nitrogen and oxygen atoms in total. The van der Waals surface area contributed by atoms with Crippen molar-refractivity contribution in [1.29, 1.82) is 0 Å². The van der Waals surface area contributed by atoms with Gasteiger partial charge in [-0.25, -0.2) is 0 Å². The number of aromatic nitrogens is 1. The number of fused-ring (bicyclic) bond motifs is 6. The molecule has 0 bridgehead atoms. The molecule has 0 aliphatic rings. The molecule has 0 unspecified atom stereocenters. The van der Waals surface area contributed by atoms with Gasteiger partial charge in [-0.1, -0.05) is 91.0 Å². The van der Waals surface area contributed by atoms with E-state index in [2.05, 4.69) is 132 Å². The van der Waals surface area contributed by atoms with Crippen LogP contribution < -0.4 is 0 Å². The molecule has 0 aliphatic carbocycles. The molecule has 0 amide bonds. The van der Waals surface area contributed by atoms with E-state index in [-0.39, 0.29) is 0 Å². The quantitative estimate of drug-likeness (QED) is 0.243. The highest BCUT2D eigenvalue weighted by Gasteiger charge is 2.15. The Kier molecular flexibility index (Phi) is 4.55. The lowest BCUT2D eigenvalue weighted by atomic mass is 9.98. The molecular formula is C36H23NO. The van der Waals surface area contributed by atoms with E-state index in [9.17, 15) is 0 Å². The van der Waals surface area contributed by atoms with E-state index in [1.807, 2.05) is 12.1 Å². The minimum Gasteiger partial charge on any atom is -0.456 e. The monoisotopic (exact) mass is 485 g/mol. The Morgan fingerprint density at radius 2 is 1.03 bits per heavy atom. The highest BCUT2D eigenvalue weighted by Crippen LogP contribution is 2.37. The van der Waals surface area contributed by atoms with Gasteiger partial charge in [-0.2, -0.15) is 0 Å². The van der Waals surface area contributed by atoms with Gasteiger partial charge in [0.25, 0.3) is 0 Å². The normalized spacial score (nSPS) is 11.7. The lowest BCUT2D eigenvalue weighted by molar-refractivity contribution is 0.668. The van der Waals surface area contributed by atoms with Gasteiger partial charge in [0.1, 0.15) is 11.2 Å². The molecule has 0 fully saturated rings. The van der Waals surface area contributed by atoms with E-state index in [0.29, 0.717) is 0 Å². The number of benzene rings is 6. The van der Waals surface area contributed by atoms with E-state index >= 15 is 0 Å². The van der Waals surface area contributed by atoms with Crippen LogP contribution in [0, 0.1) is 0 Å². The molecule has 178 valence electrons. The van der Waals surface area contributed by atoms with Crippen LogP contribution in [-0.2, 0) is 0 Å². The number of hydrogen-bond acceptors (Lipinski definition) is 1. The summed E-state index contributed by atoms with van der Waals surface area (Å²) < 4.78 is 8.58. The summed E-state index contributed by atoms with van der Waals surface area (Å²) in [6.45, 7) is 0. The molecule has 0 saturated carbocycles. The van der Waals surface area contributed by atoms with Gasteiger partial charge >= 0.3 is 0 Å². The van der Waals surface area contributed by atoms with Crippen molar-refractivity contribution in [2.24, 2.45) is 0 Å². The van der Waals surface area contributed by atoms with Crippen molar-refractivity contribution in [1.82, 2.24) is 4.57 Å². The molecule has 2 heteroatoms. The van der Waals surface area contributed by atoms with Gasteiger partial charge in [-0.05, 0) is 64.7 Å². The van der Waals surface area contributed by atoms with Crippen LogP contribution in [0.5, 0.6) is 0 Å². The Morgan fingerprint density at radius 1 is 0.368 bits per heavy atom. The molecule has 0 atom stereocenters. The van der Waals surface area contributed by atoms with Gasteiger partial charge in [-0.3, -0.25) is 0 Å². The third-order valence-corrected chi connectivity index (χ3v) is 7.60. The number of rotatable bonds is 3. The molecule has 8 rings (SSSR count). The van der Waals surface area contributed by atoms with Crippen LogP contribution in [0.25, 0.3) is 71.7 Å². The molecule has 0 aliphatic heterocycles. The van der Waals surface area contributed by atoms with Gasteiger partial charge in [0, 0.05) is 33.3 Å². The Balaban J connectivity index is 1.32. The molecule has 0 spiro atoms. The Hall–Kier alpha value is -5.08. The first kappa shape index (κ1) is 21.0. The van der Waals surface area contributed by atoms with Crippen molar-refractivity contribution in [2.45, 2.75) is 0 Å². The van der Waals surface area contributed by atoms with E-state index in [1.54, 1.807) is 0 Å². The molecule has 0 radical (unpaired) electrons. The minimum absolute atomic E-state index is 0.906. The van der Waals surface area contributed by atoms with Gasteiger partial charge < -0.3 is 8.98 Å². The number of furan rings is 1. The average molecular weight is 486 g/mol. The van der Waals surface area contributed by atoms with Gasteiger partial charge in [-0.15, -0.1) is 0 Å². The van der Waals surface area contributed by atoms with Crippen LogP contribution in [0.15, 0.2) is 144 Å². The van der Waals surface area contributed by atoms with Gasteiger partial charge in [0.15, 0.2) is 0 Å². The molecular weight excluding hydrogens is 462 g/mol. The number of nitrogens with zero attached hydrogens (tertiary/aromatic N) is 1. The molecule has 2 heterocycles. The zero-order chi connectivity index (χ0) is 25.1. The topological polar surface area (TPSA) is 18.1 Å². The van der Waals surface area contributed by atoms with Gasteiger partial charge in [0.2, 0.25) is 0 Å². The number of hydrogen-bond donors (Lipinski definition) is 0. The molecule has 38 heavy (non-hydrogen) atoms. The van der Waals surface area contributed by atoms with Crippen molar-refractivity contribution >= 4 is 43.7 Å². The summed E-state index contributed by atoms with van der Waals surface area (Å²) >= 11 is 0. The molecule has 6 aromatic carbocycles. The Bertz CT molecular complexity index is 2130. The van der Waals surface area contributed by atoms with Gasteiger partial charge in [0.05, 0.1) is 11.0 Å². The maximum atomic E-state index is 6.23. The van der Waals surface area contributed by atoms with E-state index in [4.69, 9.17) is 4.42 Å². The summed E-state index contributed by atoms with van der Waals surface area (Å²) in [4.78, 5) is 0. The van der Waals surface area contributed by atoms with Crippen LogP contribution >= 0.6 is 0 Å². The smallest absolute Gasteiger partial charge is 0.137 e. The summed E-state index contributed by atoms with van der Waals surface area (Å²) in [6.07, 6.45) is 0. The van der Waals surface area contributed by atoms with E-state index in [1.165, 1.54) is 44.1 Å². The standard InChI is InChI=1S/C36H23NO/c1-2-9-24(10-3-1)25-11-8-12-26(21-25)27-17-20-34-32(22-27)29-13-4-6-15-33(29)37(34)28-18-19-31-30-14-5-7-16-35(30)38-36(31)23-28/h1-23H. The Labute approximate surface area is 220 Å². The lowest BCUT2D eigenvalue weighted by Gasteiger charge is -2.09. The van der Waals surface area contributed by atoms with Crippen LogP contribution in [0.3, 0.4) is 0 Å². The average Bonchev–Trinajstić information content (AvgIpc) is 3.52.